The van der Waals surface area contributed by atoms with Gasteiger partial charge >= 0.3 is 0 Å². The van der Waals surface area contributed by atoms with Crippen LogP contribution in [0.5, 0.6) is 0 Å². The lowest BCUT2D eigenvalue weighted by molar-refractivity contribution is 0.668. The van der Waals surface area contributed by atoms with Crippen molar-refractivity contribution in [2.45, 2.75) is 0 Å². The van der Waals surface area contributed by atoms with Crippen LogP contribution < -0.4 is 0 Å². The van der Waals surface area contributed by atoms with E-state index in [9.17, 15) is 0 Å². The Hall–Kier alpha value is -6.17. The number of fused-ring (bicyclic) bond motifs is 10. The van der Waals surface area contributed by atoms with E-state index in [4.69, 9.17) is 9.40 Å². The van der Waals surface area contributed by atoms with Crippen LogP contribution in [0.2, 0.25) is 0 Å². The predicted molar refractivity (Wildman–Crippen MR) is 201 cm³/mol. The lowest BCUT2D eigenvalue weighted by atomic mass is 9.98. The molecule has 0 saturated heterocycles. The number of para-hydroxylation sites is 4. The van der Waals surface area contributed by atoms with Crippen LogP contribution in [0.4, 0.5) is 0 Å². The van der Waals surface area contributed by atoms with Gasteiger partial charge in [0.1, 0.15) is 11.2 Å². The Morgan fingerprint density at radius 1 is 0.479 bits per heavy atom. The molecule has 4 nitrogen and oxygen atoms in total. The molecule has 11 rings (SSSR count). The average Bonchev–Trinajstić information content (AvgIpc) is 3.89. The molecule has 0 aliphatic heterocycles. The van der Waals surface area contributed by atoms with E-state index in [0.29, 0.717) is 0 Å². The van der Waals surface area contributed by atoms with Crippen molar-refractivity contribution in [2.75, 3.05) is 0 Å². The van der Waals surface area contributed by atoms with Crippen molar-refractivity contribution in [3.8, 4) is 21.9 Å². The molecule has 224 valence electrons. The van der Waals surface area contributed by atoms with E-state index in [1.54, 1.807) is 11.3 Å². The van der Waals surface area contributed by atoms with Gasteiger partial charge in [0.25, 0.3) is 0 Å². The van der Waals surface area contributed by atoms with Gasteiger partial charge in [-0.1, -0.05) is 96.3 Å². The van der Waals surface area contributed by atoms with Gasteiger partial charge in [0.15, 0.2) is 5.13 Å². The van der Waals surface area contributed by atoms with Crippen LogP contribution in [0.3, 0.4) is 0 Å². The van der Waals surface area contributed by atoms with Gasteiger partial charge in [-0.15, -0.1) is 0 Å². The van der Waals surface area contributed by atoms with E-state index in [0.717, 1.165) is 43.8 Å². The van der Waals surface area contributed by atoms with Crippen molar-refractivity contribution in [3.63, 3.8) is 0 Å². The Bertz CT molecular complexity index is 3050. The van der Waals surface area contributed by atoms with Crippen LogP contribution in [0.1, 0.15) is 0 Å². The summed E-state index contributed by atoms with van der Waals surface area (Å²) in [5, 5.41) is 8.18. The highest BCUT2D eigenvalue weighted by Gasteiger charge is 2.20. The van der Waals surface area contributed by atoms with Gasteiger partial charge in [-0.05, 0) is 71.8 Å². The van der Waals surface area contributed by atoms with Crippen molar-refractivity contribution < 1.29 is 4.42 Å². The minimum absolute atomic E-state index is 0.894. The Balaban J connectivity index is 1.15. The number of hydrogen-bond donors (Lipinski definition) is 0. The van der Waals surface area contributed by atoms with Crippen molar-refractivity contribution in [3.05, 3.63) is 152 Å². The highest BCUT2D eigenvalue weighted by Crippen LogP contribution is 2.42. The molecule has 7 aromatic carbocycles. The predicted octanol–water partition coefficient (Wildman–Crippen LogP) is 12.1. The largest absolute Gasteiger partial charge is 0.456 e. The van der Waals surface area contributed by atoms with Gasteiger partial charge in [-0.2, -0.15) is 0 Å². The highest BCUT2D eigenvalue weighted by atomic mass is 32.1. The topological polar surface area (TPSA) is 35.9 Å². The summed E-state index contributed by atoms with van der Waals surface area (Å²) in [7, 11) is 0. The van der Waals surface area contributed by atoms with Gasteiger partial charge < -0.3 is 8.98 Å². The van der Waals surface area contributed by atoms with Crippen LogP contribution in [0, 0.1) is 0 Å². The molecule has 0 saturated carbocycles. The summed E-state index contributed by atoms with van der Waals surface area (Å²) in [6, 6.07) is 54.2. The number of hydrogen-bond acceptors (Lipinski definition) is 3. The van der Waals surface area contributed by atoms with Crippen LogP contribution in [0.25, 0.3) is 97.7 Å². The molecule has 48 heavy (non-hydrogen) atoms. The van der Waals surface area contributed by atoms with Crippen molar-refractivity contribution >= 4 is 87.1 Å². The third kappa shape index (κ3) is 3.56. The first-order valence-corrected chi connectivity index (χ1v) is 17.0. The number of rotatable bonds is 3. The molecule has 0 aliphatic carbocycles. The minimum Gasteiger partial charge on any atom is -0.456 e. The lowest BCUT2D eigenvalue weighted by Gasteiger charge is -2.09. The molecule has 0 N–H and O–H groups in total. The fraction of sp³-hybridized carbons (Fsp3) is 0. The number of nitrogens with zero attached hydrogens (tertiary/aromatic N) is 3. The number of thiazole rings is 1. The Labute approximate surface area is 278 Å². The monoisotopic (exact) mass is 631 g/mol. The summed E-state index contributed by atoms with van der Waals surface area (Å²) in [4.78, 5) is 5.05. The molecule has 5 heteroatoms. The summed E-state index contributed by atoms with van der Waals surface area (Å²) in [5.41, 5.74) is 11.0. The molecule has 0 radical (unpaired) electrons. The summed E-state index contributed by atoms with van der Waals surface area (Å²) < 4.78 is 12.2. The Kier molecular flexibility index (Phi) is 5.23. The molecule has 4 heterocycles. The van der Waals surface area contributed by atoms with Gasteiger partial charge in [0.05, 0.1) is 32.3 Å². The Morgan fingerprint density at radius 2 is 1.19 bits per heavy atom. The first kappa shape index (κ1) is 26.0. The molecule has 0 aliphatic rings. The standard InChI is InChI=1S/C43H25N3OS/c1-5-15-35-29(10-1)33-24-26(20-23-37(33)46(35)43-44-34-14-4-8-19-41(34)48-43)28-13-9-17-38-42(28)32-12-2-6-16-36(32)45(38)27-21-22-31-30-11-3-7-18-39(30)47-40(31)25-27/h1-25H. The SMILES string of the molecule is c1ccc2sc(-n3c4ccccc4c4cc(-c5cccc6c5c5ccccc5n6-c5ccc6c(c5)oc5ccccc56)ccc43)nc2c1. The minimum atomic E-state index is 0.894. The first-order valence-electron chi connectivity index (χ1n) is 16.1. The van der Waals surface area contributed by atoms with E-state index < -0.39 is 0 Å². The molecule has 0 spiro atoms. The second-order valence-corrected chi connectivity index (χ2v) is 13.4. The van der Waals surface area contributed by atoms with Crippen molar-refractivity contribution in [1.82, 2.24) is 14.1 Å². The quantitative estimate of drug-likeness (QED) is 0.194. The van der Waals surface area contributed by atoms with Crippen LogP contribution in [-0.2, 0) is 0 Å². The van der Waals surface area contributed by atoms with Gasteiger partial charge in [-0.3, -0.25) is 4.57 Å². The molecule has 0 fully saturated rings. The first-order chi connectivity index (χ1) is 23.8. The summed E-state index contributed by atoms with van der Waals surface area (Å²) in [6.07, 6.45) is 0. The average molecular weight is 632 g/mol. The zero-order valence-electron chi connectivity index (χ0n) is 25.6. The molecule has 0 unspecified atom stereocenters. The van der Waals surface area contributed by atoms with Gasteiger partial charge in [0.2, 0.25) is 0 Å². The molecular formula is C43H25N3OS. The van der Waals surface area contributed by atoms with E-state index in [2.05, 4.69) is 149 Å². The van der Waals surface area contributed by atoms with Crippen molar-refractivity contribution in [1.29, 1.82) is 0 Å². The maximum absolute atomic E-state index is 6.32. The molecule has 0 bridgehead atoms. The van der Waals surface area contributed by atoms with Crippen molar-refractivity contribution in [2.24, 2.45) is 0 Å². The zero-order valence-corrected chi connectivity index (χ0v) is 26.4. The van der Waals surface area contributed by atoms with E-state index in [-0.39, 0.29) is 0 Å². The van der Waals surface area contributed by atoms with Crippen LogP contribution in [-0.4, -0.2) is 14.1 Å². The second-order valence-electron chi connectivity index (χ2n) is 12.4. The van der Waals surface area contributed by atoms with E-state index >= 15 is 0 Å². The zero-order chi connectivity index (χ0) is 31.3. The number of benzene rings is 7. The summed E-state index contributed by atoms with van der Waals surface area (Å²) in [5.74, 6) is 0. The van der Waals surface area contributed by atoms with Crippen LogP contribution >= 0.6 is 11.3 Å². The molecule has 0 amide bonds. The number of aromatic nitrogens is 3. The normalized spacial score (nSPS) is 12.2. The van der Waals surface area contributed by atoms with E-state index in [1.165, 1.54) is 53.9 Å². The third-order valence-electron chi connectivity index (χ3n) is 9.78. The highest BCUT2D eigenvalue weighted by molar-refractivity contribution is 7.20. The molecule has 0 atom stereocenters. The maximum atomic E-state index is 6.32. The summed E-state index contributed by atoms with van der Waals surface area (Å²) >= 11 is 1.73. The van der Waals surface area contributed by atoms with Gasteiger partial charge in [-0.25, -0.2) is 4.98 Å². The lowest BCUT2D eigenvalue weighted by Crippen LogP contribution is -1.93. The second kappa shape index (κ2) is 9.67. The smallest absolute Gasteiger partial charge is 0.195 e. The fourth-order valence-corrected chi connectivity index (χ4v) is 8.69. The molecule has 11 aromatic rings. The third-order valence-corrected chi connectivity index (χ3v) is 10.8. The summed E-state index contributed by atoms with van der Waals surface area (Å²) in [6.45, 7) is 0. The molecular weight excluding hydrogens is 607 g/mol. The van der Waals surface area contributed by atoms with E-state index in [1.807, 2.05) is 12.1 Å². The maximum Gasteiger partial charge on any atom is 0.195 e. The number of furan rings is 1. The van der Waals surface area contributed by atoms with Gasteiger partial charge in [0, 0.05) is 44.1 Å². The molecule has 4 aromatic heterocycles. The Morgan fingerprint density at radius 3 is 2.08 bits per heavy atom. The van der Waals surface area contributed by atoms with Crippen LogP contribution in [0.15, 0.2) is 156 Å². The fourth-order valence-electron chi connectivity index (χ4n) is 7.69.